The van der Waals surface area contributed by atoms with Crippen molar-refractivity contribution in [2.24, 2.45) is 0 Å². The first-order chi connectivity index (χ1) is 16.1. The molecule has 0 unspecified atom stereocenters. The smallest absolute Gasteiger partial charge is 0.387 e. The lowest BCUT2D eigenvalue weighted by Crippen LogP contribution is -2.15. The van der Waals surface area contributed by atoms with Crippen LogP contribution in [0.3, 0.4) is 0 Å². The maximum Gasteiger partial charge on any atom is 0.387 e. The van der Waals surface area contributed by atoms with Gasteiger partial charge in [0.15, 0.2) is 11.5 Å². The van der Waals surface area contributed by atoms with Gasteiger partial charge in [-0.2, -0.15) is 8.78 Å². The molecule has 1 aliphatic heterocycles. The molecule has 1 aromatic heterocycles. The van der Waals surface area contributed by atoms with Crippen LogP contribution in [0.15, 0.2) is 83.5 Å². The van der Waals surface area contributed by atoms with Gasteiger partial charge in [0.25, 0.3) is 0 Å². The van der Waals surface area contributed by atoms with Gasteiger partial charge in [0.1, 0.15) is 12.9 Å². The molecular formula is C26H22F2N2O3. The fraction of sp³-hybridized carbons (Fsp3) is 0.192. The Bertz CT molecular complexity index is 1200. The minimum atomic E-state index is -2.95. The van der Waals surface area contributed by atoms with Crippen molar-refractivity contribution in [3.8, 4) is 23.0 Å². The minimum absolute atomic E-state index is 0.0358. The first-order valence-corrected chi connectivity index (χ1v) is 10.6. The van der Waals surface area contributed by atoms with Crippen LogP contribution in [-0.2, 0) is 26.2 Å². The molecule has 0 atom stereocenters. The minimum Gasteiger partial charge on any atom is -0.485 e. The van der Waals surface area contributed by atoms with E-state index in [9.17, 15) is 8.78 Å². The highest BCUT2D eigenvalue weighted by Crippen LogP contribution is 2.34. The third-order valence-corrected chi connectivity index (χ3v) is 5.49. The molecule has 33 heavy (non-hydrogen) atoms. The second kappa shape index (κ2) is 9.42. The Hall–Kier alpha value is -3.71. The van der Waals surface area contributed by atoms with Crippen molar-refractivity contribution in [2.75, 3.05) is 0 Å². The molecule has 0 amide bonds. The van der Waals surface area contributed by atoms with Crippen LogP contribution in [0, 0.1) is 0 Å². The monoisotopic (exact) mass is 448 g/mol. The van der Waals surface area contributed by atoms with Gasteiger partial charge in [-0.1, -0.05) is 54.6 Å². The molecule has 4 aromatic rings. The first kappa shape index (κ1) is 21.2. The molecule has 0 fully saturated rings. The molecule has 0 aliphatic carbocycles. The summed E-state index contributed by atoms with van der Waals surface area (Å²) in [5, 5.41) is 0. The molecule has 1 aliphatic rings. The van der Waals surface area contributed by atoms with Crippen molar-refractivity contribution in [1.29, 1.82) is 0 Å². The highest BCUT2D eigenvalue weighted by molar-refractivity contribution is 5.60. The number of hydrogen-bond donors (Lipinski definition) is 0. The molecule has 0 N–H and O–H groups in total. The van der Waals surface area contributed by atoms with E-state index in [1.54, 1.807) is 18.4 Å². The SMILES string of the molecule is FC(F)Oc1ccc(-c2nc(CN3Cc4ccccc4C3)co2)cc1OCc1ccccc1. The van der Waals surface area contributed by atoms with Crippen molar-refractivity contribution in [3.05, 3.63) is 101 Å². The van der Waals surface area contributed by atoms with Gasteiger partial charge < -0.3 is 13.9 Å². The van der Waals surface area contributed by atoms with Crippen LogP contribution in [0.5, 0.6) is 11.5 Å². The maximum atomic E-state index is 12.9. The Morgan fingerprint density at radius 3 is 2.36 bits per heavy atom. The fourth-order valence-corrected chi connectivity index (χ4v) is 3.94. The van der Waals surface area contributed by atoms with Crippen molar-refractivity contribution < 1.29 is 22.7 Å². The van der Waals surface area contributed by atoms with Crippen molar-refractivity contribution in [1.82, 2.24) is 9.88 Å². The highest BCUT2D eigenvalue weighted by atomic mass is 19.3. The van der Waals surface area contributed by atoms with Crippen LogP contribution < -0.4 is 9.47 Å². The van der Waals surface area contributed by atoms with Crippen molar-refractivity contribution in [2.45, 2.75) is 32.9 Å². The van der Waals surface area contributed by atoms with E-state index in [0.717, 1.165) is 24.3 Å². The van der Waals surface area contributed by atoms with Gasteiger partial charge >= 0.3 is 6.61 Å². The molecule has 7 heteroatoms. The number of benzene rings is 3. The van der Waals surface area contributed by atoms with Crippen LogP contribution in [0.1, 0.15) is 22.4 Å². The molecular weight excluding hydrogens is 426 g/mol. The number of aromatic nitrogens is 1. The van der Waals surface area contributed by atoms with Gasteiger partial charge in [-0.05, 0) is 34.9 Å². The number of halogens is 2. The topological polar surface area (TPSA) is 47.7 Å². The summed E-state index contributed by atoms with van der Waals surface area (Å²) in [4.78, 5) is 6.90. The summed E-state index contributed by atoms with van der Waals surface area (Å²) >= 11 is 0. The molecule has 0 bridgehead atoms. The van der Waals surface area contributed by atoms with Crippen LogP contribution in [0.25, 0.3) is 11.5 Å². The molecule has 0 saturated heterocycles. The van der Waals surface area contributed by atoms with E-state index in [-0.39, 0.29) is 18.1 Å². The molecule has 168 valence electrons. The Kier molecular flexibility index (Phi) is 6.04. The van der Waals surface area contributed by atoms with Gasteiger partial charge in [0.05, 0.1) is 5.69 Å². The molecule has 5 rings (SSSR count). The normalized spacial score (nSPS) is 13.3. The summed E-state index contributed by atoms with van der Waals surface area (Å²) in [5.74, 6) is 0.563. The zero-order valence-electron chi connectivity index (χ0n) is 17.8. The maximum absolute atomic E-state index is 12.9. The number of ether oxygens (including phenoxy) is 2. The van der Waals surface area contributed by atoms with E-state index in [1.807, 2.05) is 30.3 Å². The Morgan fingerprint density at radius 1 is 0.909 bits per heavy atom. The summed E-state index contributed by atoms with van der Waals surface area (Å²) in [6.07, 6.45) is 1.63. The lowest BCUT2D eigenvalue weighted by molar-refractivity contribution is -0.0515. The van der Waals surface area contributed by atoms with Crippen LogP contribution in [0.2, 0.25) is 0 Å². The number of alkyl halides is 2. The van der Waals surface area contributed by atoms with Crippen LogP contribution in [0.4, 0.5) is 8.78 Å². The van der Waals surface area contributed by atoms with Gasteiger partial charge in [0, 0.05) is 25.2 Å². The quantitative estimate of drug-likeness (QED) is 0.329. The lowest BCUT2D eigenvalue weighted by atomic mass is 10.1. The summed E-state index contributed by atoms with van der Waals surface area (Å²) in [7, 11) is 0. The number of fused-ring (bicyclic) bond motifs is 1. The van der Waals surface area contributed by atoms with Gasteiger partial charge in [-0.15, -0.1) is 0 Å². The van der Waals surface area contributed by atoms with Crippen molar-refractivity contribution in [3.63, 3.8) is 0 Å². The van der Waals surface area contributed by atoms with E-state index in [2.05, 4.69) is 38.9 Å². The van der Waals surface area contributed by atoms with E-state index < -0.39 is 6.61 Å². The standard InChI is InChI=1S/C26H22F2N2O3/c27-26(28)33-23-11-10-19(12-24(23)31-16-18-6-2-1-3-7-18)25-29-22(17-32-25)15-30-13-20-8-4-5-9-21(20)14-30/h1-12,17,26H,13-16H2. The van der Waals surface area contributed by atoms with E-state index in [4.69, 9.17) is 9.15 Å². The lowest BCUT2D eigenvalue weighted by Gasteiger charge is -2.13. The molecule has 0 spiro atoms. The number of oxazole rings is 1. The van der Waals surface area contributed by atoms with E-state index in [0.29, 0.717) is 18.0 Å². The third-order valence-electron chi connectivity index (χ3n) is 5.49. The van der Waals surface area contributed by atoms with Gasteiger partial charge in [-0.3, -0.25) is 4.90 Å². The third kappa shape index (κ3) is 5.04. The average Bonchev–Trinajstić information content (AvgIpc) is 3.45. The number of hydrogen-bond acceptors (Lipinski definition) is 5. The number of rotatable bonds is 8. The predicted molar refractivity (Wildman–Crippen MR) is 119 cm³/mol. The molecule has 0 radical (unpaired) electrons. The average molecular weight is 448 g/mol. The largest absolute Gasteiger partial charge is 0.485 e. The highest BCUT2D eigenvalue weighted by Gasteiger charge is 2.20. The zero-order chi connectivity index (χ0) is 22.6. The van der Waals surface area contributed by atoms with Gasteiger partial charge in [0.2, 0.25) is 5.89 Å². The van der Waals surface area contributed by atoms with Crippen LogP contribution in [-0.4, -0.2) is 16.5 Å². The molecule has 3 aromatic carbocycles. The van der Waals surface area contributed by atoms with Gasteiger partial charge in [-0.25, -0.2) is 4.98 Å². The predicted octanol–water partition coefficient (Wildman–Crippen LogP) is 6.04. The Balaban J connectivity index is 1.32. The Labute approximate surface area is 190 Å². The molecule has 0 saturated carbocycles. The zero-order valence-corrected chi connectivity index (χ0v) is 17.8. The van der Waals surface area contributed by atoms with E-state index in [1.165, 1.54) is 17.2 Å². The summed E-state index contributed by atoms with van der Waals surface area (Å²) in [6, 6.07) is 22.5. The Morgan fingerprint density at radius 2 is 1.64 bits per heavy atom. The van der Waals surface area contributed by atoms with Crippen LogP contribution >= 0.6 is 0 Å². The molecule has 2 heterocycles. The summed E-state index contributed by atoms with van der Waals surface area (Å²) in [6.45, 7) is -0.337. The van der Waals surface area contributed by atoms with E-state index >= 15 is 0 Å². The summed E-state index contributed by atoms with van der Waals surface area (Å²) in [5.41, 5.74) is 5.00. The summed E-state index contributed by atoms with van der Waals surface area (Å²) < 4.78 is 41.9. The fourth-order valence-electron chi connectivity index (χ4n) is 3.94. The second-order valence-corrected chi connectivity index (χ2v) is 7.87. The first-order valence-electron chi connectivity index (χ1n) is 10.6. The van der Waals surface area contributed by atoms with Crippen molar-refractivity contribution >= 4 is 0 Å². The number of nitrogens with zero attached hydrogens (tertiary/aromatic N) is 2. The molecule has 5 nitrogen and oxygen atoms in total. The second-order valence-electron chi connectivity index (χ2n) is 7.87.